The largest absolute Gasteiger partial charge is 0.322 e. The zero-order chi connectivity index (χ0) is 10.7. The highest BCUT2D eigenvalue weighted by molar-refractivity contribution is 5.70. The van der Waals surface area contributed by atoms with Gasteiger partial charge in [-0.15, -0.1) is 5.23 Å². The van der Waals surface area contributed by atoms with Crippen molar-refractivity contribution in [1.82, 2.24) is 0 Å². The molecule has 0 aliphatic rings. The molecular formula is C6H8N4O4. The van der Waals surface area contributed by atoms with Gasteiger partial charge in [0.05, 0.1) is 10.6 Å². The van der Waals surface area contributed by atoms with Gasteiger partial charge in [0.25, 0.3) is 5.69 Å². The van der Waals surface area contributed by atoms with E-state index in [0.29, 0.717) is 0 Å². The molecule has 0 unspecified atom stereocenters. The van der Waals surface area contributed by atoms with E-state index >= 15 is 0 Å². The van der Waals surface area contributed by atoms with Crippen molar-refractivity contribution >= 4 is 17.1 Å². The van der Waals surface area contributed by atoms with E-state index in [2.05, 4.69) is 5.43 Å². The van der Waals surface area contributed by atoms with Crippen molar-refractivity contribution < 1.29 is 15.3 Å². The van der Waals surface area contributed by atoms with Gasteiger partial charge < -0.3 is 5.43 Å². The summed E-state index contributed by atoms with van der Waals surface area (Å²) in [5, 5.41) is 27.5. The second-order valence-electron chi connectivity index (χ2n) is 2.39. The molecule has 5 N–H and O–H groups in total. The summed E-state index contributed by atoms with van der Waals surface area (Å²) in [4.78, 5) is 9.69. The van der Waals surface area contributed by atoms with Crippen molar-refractivity contribution in [2.24, 2.45) is 5.84 Å². The van der Waals surface area contributed by atoms with Crippen LogP contribution in [0, 0.1) is 10.1 Å². The minimum absolute atomic E-state index is 0.153. The Labute approximate surface area is 78.2 Å². The Morgan fingerprint density at radius 3 is 2.57 bits per heavy atom. The lowest BCUT2D eigenvalue weighted by Crippen LogP contribution is -2.16. The number of anilines is 2. The van der Waals surface area contributed by atoms with Gasteiger partial charge in [0, 0.05) is 12.1 Å². The van der Waals surface area contributed by atoms with E-state index in [0.717, 1.165) is 6.07 Å². The smallest absolute Gasteiger partial charge is 0.271 e. The first kappa shape index (κ1) is 10.2. The average Bonchev–Trinajstić information content (AvgIpc) is 2.16. The molecule has 14 heavy (non-hydrogen) atoms. The van der Waals surface area contributed by atoms with Crippen LogP contribution in [0.4, 0.5) is 17.1 Å². The van der Waals surface area contributed by atoms with E-state index in [1.54, 1.807) is 0 Å². The molecule has 0 aromatic heterocycles. The molecular weight excluding hydrogens is 192 g/mol. The molecule has 0 aliphatic heterocycles. The number of nitrogens with zero attached hydrogens (tertiary/aromatic N) is 2. The van der Waals surface area contributed by atoms with Crippen LogP contribution in [0.1, 0.15) is 0 Å². The maximum atomic E-state index is 10.3. The van der Waals surface area contributed by atoms with Gasteiger partial charge in [0.15, 0.2) is 0 Å². The molecule has 0 saturated carbocycles. The summed E-state index contributed by atoms with van der Waals surface area (Å²) < 4.78 is 0. The van der Waals surface area contributed by atoms with Crippen LogP contribution in [0.2, 0.25) is 0 Å². The van der Waals surface area contributed by atoms with E-state index in [-0.39, 0.29) is 22.3 Å². The Balaban J connectivity index is 3.20. The number of nitrogens with two attached hydrogens (primary N) is 1. The summed E-state index contributed by atoms with van der Waals surface area (Å²) >= 11 is 0. The molecule has 0 amide bonds. The van der Waals surface area contributed by atoms with Crippen LogP contribution in [-0.4, -0.2) is 15.3 Å². The van der Waals surface area contributed by atoms with E-state index in [1.165, 1.54) is 12.1 Å². The number of hydrogen-bond acceptors (Lipinski definition) is 7. The molecule has 1 rings (SSSR count). The fourth-order valence-electron chi connectivity index (χ4n) is 0.921. The molecule has 1 aromatic carbocycles. The third kappa shape index (κ3) is 1.88. The maximum absolute atomic E-state index is 10.3. The quantitative estimate of drug-likeness (QED) is 0.317. The molecule has 8 heteroatoms. The highest BCUT2D eigenvalue weighted by atomic mass is 16.8. The molecule has 0 aliphatic carbocycles. The van der Waals surface area contributed by atoms with E-state index in [1.807, 2.05) is 0 Å². The molecule has 0 saturated heterocycles. The number of nitrogen functional groups attached to an aromatic ring is 1. The normalized spacial score (nSPS) is 9.64. The lowest BCUT2D eigenvalue weighted by atomic mass is 10.2. The Hall–Kier alpha value is -1.90. The number of non-ortho nitro benzene ring substituents is 1. The third-order valence-corrected chi connectivity index (χ3v) is 1.56. The summed E-state index contributed by atoms with van der Waals surface area (Å²) in [6.07, 6.45) is 0. The molecule has 0 heterocycles. The summed E-state index contributed by atoms with van der Waals surface area (Å²) in [5.74, 6) is 5.05. The van der Waals surface area contributed by atoms with Gasteiger partial charge >= 0.3 is 0 Å². The highest BCUT2D eigenvalue weighted by Gasteiger charge is 2.13. The topological polar surface area (TPSA) is 125 Å². The molecule has 0 fully saturated rings. The maximum Gasteiger partial charge on any atom is 0.271 e. The Morgan fingerprint density at radius 1 is 1.50 bits per heavy atom. The van der Waals surface area contributed by atoms with Crippen molar-refractivity contribution in [3.8, 4) is 0 Å². The van der Waals surface area contributed by atoms with Crippen molar-refractivity contribution in [3.63, 3.8) is 0 Å². The van der Waals surface area contributed by atoms with Gasteiger partial charge in [-0.25, -0.2) is 0 Å². The summed E-state index contributed by atoms with van der Waals surface area (Å²) in [7, 11) is 0. The monoisotopic (exact) mass is 200 g/mol. The number of nitrogens with one attached hydrogen (secondary N) is 1. The fraction of sp³-hybridized carbons (Fsp3) is 0. The van der Waals surface area contributed by atoms with Crippen LogP contribution >= 0.6 is 0 Å². The minimum Gasteiger partial charge on any atom is -0.322 e. The second kappa shape index (κ2) is 3.87. The van der Waals surface area contributed by atoms with Crippen LogP contribution in [0.15, 0.2) is 18.2 Å². The van der Waals surface area contributed by atoms with Crippen molar-refractivity contribution in [2.75, 3.05) is 10.7 Å². The van der Waals surface area contributed by atoms with Crippen molar-refractivity contribution in [2.45, 2.75) is 0 Å². The Bertz CT molecular complexity index is 354. The van der Waals surface area contributed by atoms with E-state index in [4.69, 9.17) is 16.3 Å². The van der Waals surface area contributed by atoms with Gasteiger partial charge in [-0.05, 0) is 6.07 Å². The van der Waals surface area contributed by atoms with Gasteiger partial charge in [0.1, 0.15) is 5.69 Å². The highest BCUT2D eigenvalue weighted by Crippen LogP contribution is 2.27. The summed E-state index contributed by atoms with van der Waals surface area (Å²) in [5.41, 5.74) is 1.83. The molecule has 0 spiro atoms. The Morgan fingerprint density at radius 2 is 2.14 bits per heavy atom. The van der Waals surface area contributed by atoms with Crippen LogP contribution in [0.25, 0.3) is 0 Å². The average molecular weight is 200 g/mol. The van der Waals surface area contributed by atoms with Gasteiger partial charge in [-0.1, -0.05) is 0 Å². The van der Waals surface area contributed by atoms with Crippen LogP contribution in [0.3, 0.4) is 0 Å². The van der Waals surface area contributed by atoms with Gasteiger partial charge in [-0.3, -0.25) is 26.4 Å². The van der Waals surface area contributed by atoms with Crippen molar-refractivity contribution in [1.29, 1.82) is 0 Å². The number of nitro groups is 1. The van der Waals surface area contributed by atoms with Gasteiger partial charge in [0.2, 0.25) is 0 Å². The predicted molar refractivity (Wildman–Crippen MR) is 47.0 cm³/mol. The zero-order valence-electron chi connectivity index (χ0n) is 6.91. The molecule has 76 valence electrons. The number of nitro benzene ring substituents is 1. The van der Waals surface area contributed by atoms with Crippen LogP contribution < -0.4 is 16.5 Å². The van der Waals surface area contributed by atoms with Crippen molar-refractivity contribution in [3.05, 3.63) is 28.3 Å². The first-order valence-corrected chi connectivity index (χ1v) is 3.49. The minimum atomic E-state index is -0.659. The van der Waals surface area contributed by atoms with Gasteiger partial charge in [-0.2, -0.15) is 0 Å². The molecule has 0 radical (unpaired) electrons. The molecule has 8 nitrogen and oxygen atoms in total. The SMILES string of the molecule is NNc1ccc([N+](=O)[O-])cc1N(O)O. The third-order valence-electron chi connectivity index (χ3n) is 1.56. The standard InChI is InChI=1S/C6H8N4O4/c7-8-5-2-1-4(9(11)12)3-6(5)10(13)14/h1-3,8,13-14H,7H2. The first-order valence-electron chi connectivity index (χ1n) is 3.49. The fourth-order valence-corrected chi connectivity index (χ4v) is 0.921. The Kier molecular flexibility index (Phi) is 2.82. The summed E-state index contributed by atoms with van der Waals surface area (Å²) in [6.45, 7) is 0. The lowest BCUT2D eigenvalue weighted by molar-refractivity contribution is -0.384. The molecule has 0 atom stereocenters. The molecule has 1 aromatic rings. The second-order valence-corrected chi connectivity index (χ2v) is 2.39. The van der Waals surface area contributed by atoms with E-state index in [9.17, 15) is 10.1 Å². The number of benzene rings is 1. The molecule has 0 bridgehead atoms. The number of hydrogen-bond donors (Lipinski definition) is 4. The summed E-state index contributed by atoms with van der Waals surface area (Å²) in [6, 6.07) is 3.41. The zero-order valence-corrected chi connectivity index (χ0v) is 6.91. The number of hydrazine groups is 1. The first-order chi connectivity index (χ1) is 6.56. The van der Waals surface area contributed by atoms with Crippen LogP contribution in [-0.2, 0) is 0 Å². The predicted octanol–water partition coefficient (Wildman–Crippen LogP) is 0.465. The van der Waals surface area contributed by atoms with E-state index < -0.39 is 4.92 Å². The number of rotatable bonds is 3. The van der Waals surface area contributed by atoms with Crippen LogP contribution in [0.5, 0.6) is 0 Å². The lowest BCUT2D eigenvalue weighted by Gasteiger charge is -2.12.